The Balaban J connectivity index is 1.87. The Morgan fingerprint density at radius 2 is 1.73 bits per heavy atom. The summed E-state index contributed by atoms with van der Waals surface area (Å²) in [6.07, 6.45) is 3.59. The molecule has 0 saturated heterocycles. The lowest BCUT2D eigenvalue weighted by molar-refractivity contribution is 0.0692. The molecule has 0 bridgehead atoms. The summed E-state index contributed by atoms with van der Waals surface area (Å²) >= 11 is 0. The fourth-order valence-corrected chi connectivity index (χ4v) is 4.19. The van der Waals surface area contributed by atoms with Gasteiger partial charge in [0.1, 0.15) is 5.75 Å². The highest BCUT2D eigenvalue weighted by Crippen LogP contribution is 2.42. The third-order valence-corrected chi connectivity index (χ3v) is 5.39. The maximum absolute atomic E-state index is 13.1. The summed E-state index contributed by atoms with van der Waals surface area (Å²) in [5.41, 5.74) is 4.08. The number of aromatic hydroxyl groups is 1. The molecule has 0 fully saturated rings. The number of benzene rings is 2. The maximum Gasteiger partial charge on any atom is 0.336 e. The Kier molecular flexibility index (Phi) is 3.94. The number of carboxylic acids is 1. The fraction of sp³-hybridized carbons (Fsp3) is 0.333. The predicted molar refractivity (Wildman–Crippen MR) is 98.5 cm³/mol. The standard InChI is InChI=1S/C21H21NO4/c1-12-6-7-14(16(10-12)21(25)26)19(23)17-11-13-4-2-8-22-9-3-5-15(18(13)22)20(17)24/h6-7,10-11,24H,2-5,8-9H2,1H3,(H,25,26). The highest BCUT2D eigenvalue weighted by atomic mass is 16.4. The van der Waals surface area contributed by atoms with Crippen LogP contribution in [0.2, 0.25) is 0 Å². The van der Waals surface area contributed by atoms with Gasteiger partial charge in [-0.2, -0.15) is 0 Å². The Hall–Kier alpha value is -2.82. The van der Waals surface area contributed by atoms with Crippen LogP contribution >= 0.6 is 0 Å². The summed E-state index contributed by atoms with van der Waals surface area (Å²) in [4.78, 5) is 27.0. The van der Waals surface area contributed by atoms with Gasteiger partial charge in [0.25, 0.3) is 0 Å². The average molecular weight is 351 g/mol. The number of hydrogen-bond acceptors (Lipinski definition) is 4. The third kappa shape index (κ3) is 2.55. The molecule has 0 spiro atoms. The van der Waals surface area contributed by atoms with Crippen LogP contribution in [-0.4, -0.2) is 35.1 Å². The van der Waals surface area contributed by atoms with Crippen molar-refractivity contribution in [1.29, 1.82) is 0 Å². The summed E-state index contributed by atoms with van der Waals surface area (Å²) < 4.78 is 0. The lowest BCUT2D eigenvalue weighted by atomic mass is 9.86. The lowest BCUT2D eigenvalue weighted by Gasteiger charge is -2.37. The molecule has 2 heterocycles. The minimum atomic E-state index is -1.14. The first-order valence-electron chi connectivity index (χ1n) is 8.98. The molecule has 0 unspecified atom stereocenters. The van der Waals surface area contributed by atoms with E-state index in [1.165, 1.54) is 12.1 Å². The monoisotopic (exact) mass is 351 g/mol. The second-order valence-corrected chi connectivity index (χ2v) is 7.14. The van der Waals surface area contributed by atoms with Crippen LogP contribution in [-0.2, 0) is 12.8 Å². The number of phenolic OH excluding ortho intramolecular Hbond substituents is 1. The fourth-order valence-electron chi connectivity index (χ4n) is 4.19. The molecular weight excluding hydrogens is 330 g/mol. The van der Waals surface area contributed by atoms with Crippen LogP contribution in [0.4, 0.5) is 5.69 Å². The highest BCUT2D eigenvalue weighted by molar-refractivity contribution is 6.16. The number of hydrogen-bond donors (Lipinski definition) is 2. The SMILES string of the molecule is Cc1ccc(C(=O)c2cc3c4c(c2O)CCCN4CCC3)c(C(=O)O)c1. The van der Waals surface area contributed by atoms with Gasteiger partial charge in [0.05, 0.1) is 11.1 Å². The van der Waals surface area contributed by atoms with E-state index in [1.807, 2.05) is 0 Å². The molecule has 0 saturated carbocycles. The third-order valence-electron chi connectivity index (χ3n) is 5.39. The molecule has 0 radical (unpaired) electrons. The molecule has 0 aliphatic carbocycles. The van der Waals surface area contributed by atoms with Crippen LogP contribution < -0.4 is 4.90 Å². The average Bonchev–Trinajstić information content (AvgIpc) is 2.64. The molecule has 0 atom stereocenters. The Morgan fingerprint density at radius 3 is 2.46 bits per heavy atom. The molecule has 2 aliphatic rings. The molecule has 134 valence electrons. The van der Waals surface area contributed by atoms with Gasteiger partial charge in [0.15, 0.2) is 5.78 Å². The van der Waals surface area contributed by atoms with Crippen molar-refractivity contribution in [2.75, 3.05) is 18.0 Å². The van der Waals surface area contributed by atoms with Gasteiger partial charge in [0.2, 0.25) is 0 Å². The van der Waals surface area contributed by atoms with Crippen LogP contribution in [0.5, 0.6) is 5.75 Å². The molecule has 26 heavy (non-hydrogen) atoms. The minimum Gasteiger partial charge on any atom is -0.507 e. The Morgan fingerprint density at radius 1 is 1.00 bits per heavy atom. The van der Waals surface area contributed by atoms with E-state index in [2.05, 4.69) is 4.90 Å². The van der Waals surface area contributed by atoms with Crippen molar-refractivity contribution < 1.29 is 19.8 Å². The van der Waals surface area contributed by atoms with Crippen LogP contribution in [0, 0.1) is 6.92 Å². The van der Waals surface area contributed by atoms with Crippen molar-refractivity contribution in [2.24, 2.45) is 0 Å². The number of phenols is 1. The smallest absolute Gasteiger partial charge is 0.336 e. The summed E-state index contributed by atoms with van der Waals surface area (Å²) in [5.74, 6) is -1.55. The van der Waals surface area contributed by atoms with Gasteiger partial charge in [-0.25, -0.2) is 4.79 Å². The molecule has 2 N–H and O–H groups in total. The summed E-state index contributed by atoms with van der Waals surface area (Å²) in [6, 6.07) is 6.52. The number of aryl methyl sites for hydroxylation is 2. The maximum atomic E-state index is 13.1. The van der Waals surface area contributed by atoms with Crippen LogP contribution in [0.1, 0.15) is 55.8 Å². The van der Waals surface area contributed by atoms with Gasteiger partial charge < -0.3 is 15.1 Å². The molecule has 4 rings (SSSR count). The van der Waals surface area contributed by atoms with Crippen LogP contribution in [0.15, 0.2) is 24.3 Å². The van der Waals surface area contributed by atoms with Crippen molar-refractivity contribution in [3.63, 3.8) is 0 Å². The van der Waals surface area contributed by atoms with E-state index in [-0.39, 0.29) is 22.4 Å². The number of carbonyl (C=O) groups excluding carboxylic acids is 1. The molecule has 5 heteroatoms. The number of aromatic carboxylic acids is 1. The van der Waals surface area contributed by atoms with Gasteiger partial charge in [-0.05, 0) is 56.4 Å². The first-order valence-corrected chi connectivity index (χ1v) is 8.98. The first-order chi connectivity index (χ1) is 12.5. The predicted octanol–water partition coefficient (Wildman–Crippen LogP) is 3.33. The van der Waals surface area contributed by atoms with Crippen molar-refractivity contribution in [2.45, 2.75) is 32.6 Å². The number of carboxylic acid groups (broad SMARTS) is 1. The second-order valence-electron chi connectivity index (χ2n) is 7.14. The zero-order valence-corrected chi connectivity index (χ0v) is 14.7. The summed E-state index contributed by atoms with van der Waals surface area (Å²) in [6.45, 7) is 3.75. The van der Waals surface area contributed by atoms with Gasteiger partial charge in [-0.1, -0.05) is 11.6 Å². The van der Waals surface area contributed by atoms with Crippen molar-refractivity contribution in [3.8, 4) is 5.75 Å². The topological polar surface area (TPSA) is 77.8 Å². The van der Waals surface area contributed by atoms with E-state index >= 15 is 0 Å². The molecule has 0 amide bonds. The van der Waals surface area contributed by atoms with E-state index in [0.29, 0.717) is 0 Å². The Labute approximate surface area is 151 Å². The van der Waals surface area contributed by atoms with E-state index in [4.69, 9.17) is 0 Å². The lowest BCUT2D eigenvalue weighted by Crippen LogP contribution is -2.34. The van der Waals surface area contributed by atoms with Crippen molar-refractivity contribution in [3.05, 3.63) is 57.6 Å². The molecule has 2 aromatic carbocycles. The molecule has 5 nitrogen and oxygen atoms in total. The zero-order valence-electron chi connectivity index (χ0n) is 14.7. The van der Waals surface area contributed by atoms with Crippen LogP contribution in [0.3, 0.4) is 0 Å². The summed E-state index contributed by atoms with van der Waals surface area (Å²) in [7, 11) is 0. The van der Waals surface area contributed by atoms with E-state index in [1.54, 1.807) is 19.1 Å². The number of rotatable bonds is 3. The second kappa shape index (κ2) is 6.16. The Bertz CT molecular complexity index is 930. The van der Waals surface area contributed by atoms with Gasteiger partial charge in [-0.15, -0.1) is 0 Å². The van der Waals surface area contributed by atoms with Gasteiger partial charge >= 0.3 is 5.97 Å². The largest absolute Gasteiger partial charge is 0.507 e. The highest BCUT2D eigenvalue weighted by Gasteiger charge is 2.30. The summed E-state index contributed by atoms with van der Waals surface area (Å²) in [5, 5.41) is 20.3. The minimum absolute atomic E-state index is 0.0114. The number of anilines is 1. The quantitative estimate of drug-likeness (QED) is 0.830. The number of nitrogens with zero attached hydrogens (tertiary/aromatic N) is 1. The number of carbonyl (C=O) groups is 2. The van der Waals surface area contributed by atoms with Gasteiger partial charge in [-0.3, -0.25) is 4.79 Å². The van der Waals surface area contributed by atoms with Crippen molar-refractivity contribution in [1.82, 2.24) is 0 Å². The molecular formula is C21H21NO4. The van der Waals surface area contributed by atoms with E-state index in [0.717, 1.165) is 61.2 Å². The van der Waals surface area contributed by atoms with Gasteiger partial charge in [0, 0.05) is 29.9 Å². The molecule has 2 aliphatic heterocycles. The molecule has 2 aromatic rings. The van der Waals surface area contributed by atoms with E-state index < -0.39 is 11.8 Å². The van der Waals surface area contributed by atoms with Crippen LogP contribution in [0.25, 0.3) is 0 Å². The zero-order chi connectivity index (χ0) is 18.4. The number of ketones is 1. The first kappa shape index (κ1) is 16.6. The molecule has 0 aromatic heterocycles. The van der Waals surface area contributed by atoms with E-state index in [9.17, 15) is 19.8 Å². The normalized spacial score (nSPS) is 15.5. The van der Waals surface area contributed by atoms with Crippen molar-refractivity contribution >= 4 is 17.4 Å².